The summed E-state index contributed by atoms with van der Waals surface area (Å²) < 4.78 is 5.32. The molecular weight excluding hydrogens is 244 g/mol. The Morgan fingerprint density at radius 1 is 1.42 bits per heavy atom. The predicted molar refractivity (Wildman–Crippen MR) is 73.2 cm³/mol. The van der Waals surface area contributed by atoms with Gasteiger partial charge in [0.25, 0.3) is 5.91 Å². The van der Waals surface area contributed by atoms with Crippen molar-refractivity contribution in [3.8, 4) is 5.75 Å². The number of amides is 1. The lowest BCUT2D eigenvalue weighted by molar-refractivity contribution is -0.118. The summed E-state index contributed by atoms with van der Waals surface area (Å²) in [7, 11) is 2.05. The largest absolute Gasteiger partial charge is 0.482 e. The van der Waals surface area contributed by atoms with E-state index in [1.807, 2.05) is 25.2 Å². The molecule has 19 heavy (non-hydrogen) atoms. The molecule has 1 heterocycles. The van der Waals surface area contributed by atoms with E-state index in [-0.39, 0.29) is 19.1 Å². The van der Waals surface area contributed by atoms with Crippen LogP contribution in [0.5, 0.6) is 5.75 Å². The van der Waals surface area contributed by atoms with E-state index < -0.39 is 0 Å². The average Bonchev–Trinajstić information content (AvgIpc) is 2.38. The van der Waals surface area contributed by atoms with Crippen LogP contribution in [0.25, 0.3) is 0 Å². The topological polar surface area (TPSA) is 61.8 Å². The number of aliphatic hydroxyl groups is 1. The molecule has 5 heteroatoms. The van der Waals surface area contributed by atoms with E-state index in [1.54, 1.807) is 0 Å². The summed E-state index contributed by atoms with van der Waals surface area (Å²) in [5, 5.41) is 11.6. The second-order valence-electron chi connectivity index (χ2n) is 4.84. The van der Waals surface area contributed by atoms with Gasteiger partial charge in [-0.25, -0.2) is 0 Å². The number of unbranched alkanes of at least 4 members (excludes halogenated alkanes) is 1. The van der Waals surface area contributed by atoms with Crippen LogP contribution >= 0.6 is 0 Å². The van der Waals surface area contributed by atoms with Gasteiger partial charge in [-0.1, -0.05) is 6.07 Å². The molecule has 2 N–H and O–H groups in total. The number of nitrogens with one attached hydrogen (secondary N) is 1. The molecular formula is C14H20N2O3. The zero-order valence-corrected chi connectivity index (χ0v) is 11.2. The van der Waals surface area contributed by atoms with Crippen LogP contribution in [0.1, 0.15) is 18.4 Å². The summed E-state index contributed by atoms with van der Waals surface area (Å²) in [4.78, 5) is 13.5. The summed E-state index contributed by atoms with van der Waals surface area (Å²) in [5.41, 5.74) is 1.88. The van der Waals surface area contributed by atoms with E-state index in [9.17, 15) is 4.79 Å². The summed E-state index contributed by atoms with van der Waals surface area (Å²) in [6.45, 7) is 2.10. The van der Waals surface area contributed by atoms with Crippen molar-refractivity contribution >= 4 is 11.6 Å². The minimum atomic E-state index is -0.110. The molecule has 0 aromatic heterocycles. The van der Waals surface area contributed by atoms with Crippen molar-refractivity contribution in [2.45, 2.75) is 19.4 Å². The lowest BCUT2D eigenvalue weighted by Crippen LogP contribution is -2.25. The van der Waals surface area contributed by atoms with Gasteiger partial charge >= 0.3 is 0 Å². The van der Waals surface area contributed by atoms with Crippen molar-refractivity contribution in [1.82, 2.24) is 4.90 Å². The van der Waals surface area contributed by atoms with Crippen LogP contribution in [-0.2, 0) is 11.3 Å². The van der Waals surface area contributed by atoms with Gasteiger partial charge in [-0.15, -0.1) is 0 Å². The Morgan fingerprint density at radius 2 is 2.26 bits per heavy atom. The molecule has 1 aliphatic rings. The van der Waals surface area contributed by atoms with Gasteiger partial charge in [0, 0.05) is 13.2 Å². The molecule has 5 nitrogen and oxygen atoms in total. The molecule has 0 unspecified atom stereocenters. The fraction of sp³-hybridized carbons (Fsp3) is 0.500. The Hall–Kier alpha value is -1.59. The number of ether oxygens (including phenoxy) is 1. The molecule has 1 aliphatic heterocycles. The van der Waals surface area contributed by atoms with Crippen molar-refractivity contribution in [1.29, 1.82) is 0 Å². The number of carbonyl (C=O) groups excluding carboxylic acids is 1. The molecule has 0 atom stereocenters. The molecule has 104 valence electrons. The molecule has 0 bridgehead atoms. The number of aliphatic hydroxyl groups excluding tert-OH is 1. The molecule has 1 aromatic carbocycles. The van der Waals surface area contributed by atoms with Gasteiger partial charge in [0.15, 0.2) is 6.61 Å². The fourth-order valence-electron chi connectivity index (χ4n) is 2.11. The zero-order chi connectivity index (χ0) is 13.7. The lowest BCUT2D eigenvalue weighted by atomic mass is 10.1. The highest BCUT2D eigenvalue weighted by atomic mass is 16.5. The monoisotopic (exact) mass is 264 g/mol. The molecule has 2 rings (SSSR count). The van der Waals surface area contributed by atoms with E-state index in [2.05, 4.69) is 10.2 Å². The van der Waals surface area contributed by atoms with Gasteiger partial charge in [-0.2, -0.15) is 0 Å². The maximum atomic E-state index is 11.3. The Kier molecular flexibility index (Phi) is 4.76. The minimum Gasteiger partial charge on any atom is -0.482 e. The molecule has 1 amide bonds. The smallest absolute Gasteiger partial charge is 0.262 e. The first-order valence-corrected chi connectivity index (χ1v) is 6.54. The van der Waals surface area contributed by atoms with Gasteiger partial charge in [0.2, 0.25) is 0 Å². The van der Waals surface area contributed by atoms with Crippen LogP contribution < -0.4 is 10.1 Å². The van der Waals surface area contributed by atoms with Gasteiger partial charge in [-0.05, 0) is 44.1 Å². The van der Waals surface area contributed by atoms with E-state index in [4.69, 9.17) is 9.84 Å². The maximum Gasteiger partial charge on any atom is 0.262 e. The average molecular weight is 264 g/mol. The zero-order valence-electron chi connectivity index (χ0n) is 11.2. The second-order valence-corrected chi connectivity index (χ2v) is 4.84. The number of carbonyl (C=O) groups is 1. The van der Waals surface area contributed by atoms with Crippen LogP contribution in [0, 0.1) is 0 Å². The van der Waals surface area contributed by atoms with Crippen molar-refractivity contribution in [2.75, 3.05) is 32.1 Å². The van der Waals surface area contributed by atoms with E-state index in [0.29, 0.717) is 0 Å². The van der Waals surface area contributed by atoms with Crippen LogP contribution in [-0.4, -0.2) is 42.7 Å². The highest BCUT2D eigenvalue weighted by Crippen LogP contribution is 2.28. The molecule has 0 radical (unpaired) electrons. The Labute approximate surface area is 113 Å². The molecule has 0 saturated carbocycles. The molecule has 0 saturated heterocycles. The third-order valence-corrected chi connectivity index (χ3v) is 3.08. The molecule has 0 fully saturated rings. The first-order chi connectivity index (χ1) is 9.19. The Morgan fingerprint density at radius 3 is 3.05 bits per heavy atom. The van der Waals surface area contributed by atoms with Crippen LogP contribution in [0.3, 0.4) is 0 Å². The summed E-state index contributed by atoms with van der Waals surface area (Å²) in [6.07, 6.45) is 1.82. The van der Waals surface area contributed by atoms with Crippen molar-refractivity contribution in [3.63, 3.8) is 0 Å². The third kappa shape index (κ3) is 3.94. The first kappa shape index (κ1) is 13.8. The molecule has 1 aromatic rings. The lowest BCUT2D eigenvalue weighted by Gasteiger charge is -2.20. The van der Waals surface area contributed by atoms with Crippen molar-refractivity contribution in [2.24, 2.45) is 0 Å². The highest BCUT2D eigenvalue weighted by Gasteiger charge is 2.16. The number of hydrogen-bond donors (Lipinski definition) is 2. The normalized spacial score (nSPS) is 13.9. The Bertz CT molecular complexity index is 448. The van der Waals surface area contributed by atoms with Gasteiger partial charge < -0.3 is 20.1 Å². The van der Waals surface area contributed by atoms with Crippen LogP contribution in [0.4, 0.5) is 5.69 Å². The van der Waals surface area contributed by atoms with Crippen LogP contribution in [0.15, 0.2) is 18.2 Å². The predicted octanol–water partition coefficient (Wildman–Crippen LogP) is 1.22. The number of benzene rings is 1. The number of nitrogens with zero attached hydrogens (tertiary/aromatic N) is 1. The molecule has 0 spiro atoms. The number of hydrogen-bond acceptors (Lipinski definition) is 4. The Balaban J connectivity index is 1.94. The molecule has 0 aliphatic carbocycles. The number of anilines is 1. The standard InChI is InChI=1S/C14H20N2O3/c1-16(6-2-3-7-17)9-11-4-5-13-12(8-11)15-14(18)10-19-13/h4-5,8,17H,2-3,6-7,9-10H2,1H3,(H,15,18). The number of rotatable bonds is 6. The summed E-state index contributed by atoms with van der Waals surface area (Å²) >= 11 is 0. The first-order valence-electron chi connectivity index (χ1n) is 6.54. The van der Waals surface area contributed by atoms with Crippen molar-refractivity contribution in [3.05, 3.63) is 23.8 Å². The van der Waals surface area contributed by atoms with E-state index in [1.165, 1.54) is 0 Å². The third-order valence-electron chi connectivity index (χ3n) is 3.08. The number of fused-ring (bicyclic) bond motifs is 1. The van der Waals surface area contributed by atoms with Crippen molar-refractivity contribution < 1.29 is 14.6 Å². The van der Waals surface area contributed by atoms with Gasteiger partial charge in [0.1, 0.15) is 5.75 Å². The van der Waals surface area contributed by atoms with E-state index >= 15 is 0 Å². The van der Waals surface area contributed by atoms with Gasteiger partial charge in [-0.3, -0.25) is 4.79 Å². The minimum absolute atomic E-state index is 0.0907. The quantitative estimate of drug-likeness (QED) is 0.758. The summed E-state index contributed by atoms with van der Waals surface area (Å²) in [5.74, 6) is 0.618. The second kappa shape index (κ2) is 6.54. The maximum absolute atomic E-state index is 11.3. The summed E-state index contributed by atoms with van der Waals surface area (Å²) in [6, 6.07) is 5.86. The van der Waals surface area contributed by atoms with Gasteiger partial charge in [0.05, 0.1) is 5.69 Å². The highest BCUT2D eigenvalue weighted by molar-refractivity contribution is 5.95. The van der Waals surface area contributed by atoms with Crippen LogP contribution in [0.2, 0.25) is 0 Å². The fourth-order valence-corrected chi connectivity index (χ4v) is 2.11. The SMILES string of the molecule is CN(CCCCO)Cc1ccc2c(c1)NC(=O)CO2. The van der Waals surface area contributed by atoms with E-state index in [0.717, 1.165) is 42.9 Å².